The molecule has 0 aliphatic carbocycles. The lowest BCUT2D eigenvalue weighted by Gasteiger charge is -2.12. The number of rotatable bonds is 10. The Kier molecular flexibility index (Phi) is 7.44. The number of benzene rings is 2. The molecule has 0 fully saturated rings. The van der Waals surface area contributed by atoms with Crippen molar-refractivity contribution < 1.29 is 24.7 Å². The Morgan fingerprint density at radius 3 is 2.28 bits per heavy atom. The highest BCUT2D eigenvalue weighted by atomic mass is 16.5. The molecule has 2 aromatic rings. The molecular weight excluding hydrogens is 318 g/mol. The Labute approximate surface area is 148 Å². The van der Waals surface area contributed by atoms with Crippen molar-refractivity contribution in [3.63, 3.8) is 0 Å². The molecule has 2 aromatic carbocycles. The topological polar surface area (TPSA) is 72.4 Å². The fraction of sp³-hybridized carbons (Fsp3) is 0.350. The molecule has 0 aliphatic heterocycles. The van der Waals surface area contributed by atoms with Crippen molar-refractivity contribution in [1.82, 2.24) is 0 Å². The van der Waals surface area contributed by atoms with Gasteiger partial charge >= 0.3 is 0 Å². The second-order valence-corrected chi connectivity index (χ2v) is 6.02. The summed E-state index contributed by atoms with van der Waals surface area (Å²) < 4.78 is 11.2. The quantitative estimate of drug-likeness (QED) is 0.507. The zero-order valence-corrected chi connectivity index (χ0v) is 14.8. The fourth-order valence-corrected chi connectivity index (χ4v) is 2.25. The largest absolute Gasteiger partial charge is 0.491 e. The van der Waals surface area contributed by atoms with Crippen LogP contribution in [0.5, 0.6) is 11.5 Å². The monoisotopic (exact) mass is 344 g/mol. The van der Waals surface area contributed by atoms with E-state index in [1.165, 1.54) is 12.5 Å². The molecule has 3 N–H and O–H groups in total. The smallest absolute Gasteiger partial charge is 0.159 e. The third-order valence-corrected chi connectivity index (χ3v) is 3.75. The normalized spacial score (nSPS) is 11.8. The van der Waals surface area contributed by atoms with Gasteiger partial charge < -0.3 is 19.9 Å². The van der Waals surface area contributed by atoms with Gasteiger partial charge in [0.1, 0.15) is 43.9 Å². The average molecular weight is 344 g/mol. The molecule has 134 valence electrons. The summed E-state index contributed by atoms with van der Waals surface area (Å²) in [6.07, 6.45) is -0.563. The lowest BCUT2D eigenvalue weighted by atomic mass is 10.1. The number of aryl methyl sites for hydroxylation is 1. The lowest BCUT2D eigenvalue weighted by Crippen LogP contribution is -2.87. The number of hydrogen-bond donors (Lipinski definition) is 2. The van der Waals surface area contributed by atoms with Gasteiger partial charge in [0.05, 0.1) is 0 Å². The number of aliphatic hydroxyl groups is 1. The molecule has 0 saturated heterocycles. The molecule has 0 unspecified atom stereocenters. The Morgan fingerprint density at radius 1 is 1.04 bits per heavy atom. The minimum Gasteiger partial charge on any atom is -0.491 e. The SMILES string of the molecule is CC(=O)c1ccc(OC[C@@H](O)C[NH2+]CCOc2ccc(C)cc2)cc1. The van der Waals surface area contributed by atoms with E-state index in [-0.39, 0.29) is 12.4 Å². The molecule has 1 atom stereocenters. The zero-order chi connectivity index (χ0) is 18.1. The molecule has 0 amide bonds. The number of hydrogen-bond acceptors (Lipinski definition) is 4. The number of Topliss-reactive ketones (excluding diaryl/α,β-unsaturated/α-hetero) is 1. The van der Waals surface area contributed by atoms with Crippen LogP contribution in [-0.2, 0) is 0 Å². The first kappa shape index (κ1) is 19.0. The molecule has 0 aliphatic rings. The van der Waals surface area contributed by atoms with Gasteiger partial charge in [0.2, 0.25) is 0 Å². The van der Waals surface area contributed by atoms with Crippen LogP contribution < -0.4 is 14.8 Å². The van der Waals surface area contributed by atoms with Crippen molar-refractivity contribution in [2.24, 2.45) is 0 Å². The molecule has 25 heavy (non-hydrogen) atoms. The minimum absolute atomic E-state index is 0.0223. The van der Waals surface area contributed by atoms with Crippen molar-refractivity contribution in [3.8, 4) is 11.5 Å². The summed E-state index contributed by atoms with van der Waals surface area (Å²) in [6, 6.07) is 14.9. The molecule has 5 nitrogen and oxygen atoms in total. The summed E-state index contributed by atoms with van der Waals surface area (Å²) >= 11 is 0. The Morgan fingerprint density at radius 2 is 1.64 bits per heavy atom. The van der Waals surface area contributed by atoms with Gasteiger partial charge in [-0.1, -0.05) is 17.7 Å². The van der Waals surface area contributed by atoms with Crippen LogP contribution in [0.4, 0.5) is 0 Å². The predicted molar refractivity (Wildman–Crippen MR) is 96.3 cm³/mol. The van der Waals surface area contributed by atoms with E-state index in [0.717, 1.165) is 12.3 Å². The summed E-state index contributed by atoms with van der Waals surface area (Å²) in [5.74, 6) is 1.53. The van der Waals surface area contributed by atoms with E-state index in [9.17, 15) is 9.90 Å². The first-order valence-corrected chi connectivity index (χ1v) is 8.47. The zero-order valence-electron chi connectivity index (χ0n) is 14.8. The van der Waals surface area contributed by atoms with E-state index >= 15 is 0 Å². The van der Waals surface area contributed by atoms with Crippen molar-refractivity contribution in [3.05, 3.63) is 59.7 Å². The van der Waals surface area contributed by atoms with Crippen LogP contribution in [0.25, 0.3) is 0 Å². The fourth-order valence-electron chi connectivity index (χ4n) is 2.25. The third kappa shape index (κ3) is 6.95. The average Bonchev–Trinajstić information content (AvgIpc) is 2.61. The van der Waals surface area contributed by atoms with Crippen LogP contribution in [0.3, 0.4) is 0 Å². The number of quaternary nitrogens is 1. The number of aliphatic hydroxyl groups excluding tert-OH is 1. The van der Waals surface area contributed by atoms with E-state index in [4.69, 9.17) is 9.47 Å². The van der Waals surface area contributed by atoms with Crippen LogP contribution >= 0.6 is 0 Å². The van der Waals surface area contributed by atoms with Crippen molar-refractivity contribution >= 4 is 5.78 Å². The van der Waals surface area contributed by atoms with Gasteiger partial charge in [0, 0.05) is 5.56 Å². The van der Waals surface area contributed by atoms with Crippen LogP contribution in [-0.4, -0.2) is 43.3 Å². The van der Waals surface area contributed by atoms with Crippen molar-refractivity contribution in [2.75, 3.05) is 26.3 Å². The van der Waals surface area contributed by atoms with Crippen LogP contribution in [0.2, 0.25) is 0 Å². The van der Waals surface area contributed by atoms with Gasteiger partial charge in [0.15, 0.2) is 5.78 Å². The molecule has 0 bridgehead atoms. The maximum atomic E-state index is 11.2. The Bertz CT molecular complexity index is 652. The highest BCUT2D eigenvalue weighted by molar-refractivity contribution is 5.94. The molecule has 0 saturated carbocycles. The van der Waals surface area contributed by atoms with Crippen molar-refractivity contribution in [1.29, 1.82) is 0 Å². The molecule has 2 rings (SSSR count). The van der Waals surface area contributed by atoms with Gasteiger partial charge in [-0.3, -0.25) is 4.79 Å². The van der Waals surface area contributed by atoms with E-state index in [1.807, 2.05) is 36.5 Å². The number of nitrogens with two attached hydrogens (primary N) is 1. The van der Waals surface area contributed by atoms with Crippen LogP contribution in [0.1, 0.15) is 22.8 Å². The molecular formula is C20H26NO4+. The van der Waals surface area contributed by atoms with Gasteiger partial charge in [0.25, 0.3) is 0 Å². The summed E-state index contributed by atoms with van der Waals surface area (Å²) in [5, 5.41) is 12.0. The van der Waals surface area contributed by atoms with Crippen LogP contribution in [0.15, 0.2) is 48.5 Å². The second-order valence-electron chi connectivity index (χ2n) is 6.02. The lowest BCUT2D eigenvalue weighted by molar-refractivity contribution is -0.661. The minimum atomic E-state index is -0.563. The number of ketones is 1. The molecule has 0 spiro atoms. The predicted octanol–water partition coefficient (Wildman–Crippen LogP) is 1.58. The first-order valence-electron chi connectivity index (χ1n) is 8.47. The molecule has 5 heteroatoms. The maximum Gasteiger partial charge on any atom is 0.159 e. The highest BCUT2D eigenvalue weighted by Crippen LogP contribution is 2.13. The Balaban J connectivity index is 1.58. The molecule has 0 radical (unpaired) electrons. The van der Waals surface area contributed by atoms with E-state index in [2.05, 4.69) is 0 Å². The first-order chi connectivity index (χ1) is 12.0. The van der Waals surface area contributed by atoms with E-state index in [0.29, 0.717) is 24.5 Å². The second kappa shape index (κ2) is 9.81. The number of ether oxygens (including phenoxy) is 2. The van der Waals surface area contributed by atoms with E-state index in [1.54, 1.807) is 24.3 Å². The summed E-state index contributed by atoms with van der Waals surface area (Å²) in [4.78, 5) is 11.2. The third-order valence-electron chi connectivity index (χ3n) is 3.75. The van der Waals surface area contributed by atoms with Gasteiger partial charge in [-0.05, 0) is 50.2 Å². The Hall–Kier alpha value is -2.37. The molecule has 0 aromatic heterocycles. The number of carbonyl (C=O) groups is 1. The van der Waals surface area contributed by atoms with Gasteiger partial charge in [-0.15, -0.1) is 0 Å². The molecule has 0 heterocycles. The van der Waals surface area contributed by atoms with Crippen LogP contribution in [0, 0.1) is 6.92 Å². The standard InChI is InChI=1S/C20H25NO4/c1-15-3-7-19(8-4-15)24-12-11-21-13-18(23)14-25-20-9-5-17(6-10-20)16(2)22/h3-10,18,21,23H,11-14H2,1-2H3/p+1/t18-/m0/s1. The maximum absolute atomic E-state index is 11.2. The number of carbonyl (C=O) groups excluding carboxylic acids is 1. The summed E-state index contributed by atoms with van der Waals surface area (Å²) in [7, 11) is 0. The van der Waals surface area contributed by atoms with Gasteiger partial charge in [-0.2, -0.15) is 0 Å². The van der Waals surface area contributed by atoms with Crippen molar-refractivity contribution in [2.45, 2.75) is 20.0 Å². The van der Waals surface area contributed by atoms with E-state index < -0.39 is 6.10 Å². The highest BCUT2D eigenvalue weighted by Gasteiger charge is 2.08. The summed E-state index contributed by atoms with van der Waals surface area (Å²) in [5.41, 5.74) is 1.85. The summed E-state index contributed by atoms with van der Waals surface area (Å²) in [6.45, 7) is 5.68. The van der Waals surface area contributed by atoms with Gasteiger partial charge in [-0.25, -0.2) is 0 Å².